The van der Waals surface area contributed by atoms with Crippen LogP contribution in [0.3, 0.4) is 0 Å². The van der Waals surface area contributed by atoms with Crippen molar-refractivity contribution in [3.63, 3.8) is 0 Å². The van der Waals surface area contributed by atoms with Crippen LogP contribution in [0.1, 0.15) is 32.6 Å². The highest BCUT2D eigenvalue weighted by Crippen LogP contribution is 2.38. The predicted molar refractivity (Wildman–Crippen MR) is 95.6 cm³/mol. The zero-order valence-electron chi connectivity index (χ0n) is 16.0. The molecule has 150 valence electrons. The number of likely N-dealkylation sites (N-methyl/N-ethyl adjacent to an activating group) is 1. The van der Waals surface area contributed by atoms with Gasteiger partial charge in [0.25, 0.3) is 5.91 Å². The molecule has 3 rings (SSSR count). The summed E-state index contributed by atoms with van der Waals surface area (Å²) in [6.07, 6.45) is 3.40. The van der Waals surface area contributed by atoms with Gasteiger partial charge in [-0.15, -0.1) is 0 Å². The highest BCUT2D eigenvalue weighted by Gasteiger charge is 2.55. The second kappa shape index (κ2) is 7.84. The number of imide groups is 1. The second-order valence-corrected chi connectivity index (χ2v) is 7.68. The fraction of sp³-hybridized carbons (Fsp3) is 0.778. The number of carbonyl (C=O) groups excluding carboxylic acids is 4. The maximum atomic E-state index is 12.9. The molecule has 2 atom stereocenters. The van der Waals surface area contributed by atoms with E-state index in [2.05, 4.69) is 5.32 Å². The Morgan fingerprint density at radius 1 is 1.26 bits per heavy atom. The summed E-state index contributed by atoms with van der Waals surface area (Å²) < 4.78 is 5.21. The van der Waals surface area contributed by atoms with E-state index in [9.17, 15) is 19.2 Å². The highest BCUT2D eigenvalue weighted by molar-refractivity contribution is 6.09. The lowest BCUT2D eigenvalue weighted by molar-refractivity contribution is -0.144. The van der Waals surface area contributed by atoms with E-state index in [0.717, 1.165) is 24.2 Å². The molecule has 1 N–H and O–H groups in total. The molecule has 0 aromatic rings. The van der Waals surface area contributed by atoms with Gasteiger partial charge in [0.1, 0.15) is 12.1 Å². The molecule has 9 nitrogen and oxygen atoms in total. The Morgan fingerprint density at radius 2 is 1.96 bits per heavy atom. The van der Waals surface area contributed by atoms with Gasteiger partial charge in [-0.1, -0.05) is 19.8 Å². The molecular formula is C18H28N4O5. The normalized spacial score (nSPS) is 28.4. The number of carbonyl (C=O) groups is 4. The standard InChI is InChI=1S/C18H28N4O5/c1-13-5-3-4-6-18(13)16(25)22(17(26)19-18)12-14(23)20(2)11-15(24)21-7-9-27-10-8-21/h13H,3-12H2,1-2H3,(H,19,26)/t13-,18-/m1/s1. The average Bonchev–Trinajstić information content (AvgIpc) is 2.89. The summed E-state index contributed by atoms with van der Waals surface area (Å²) in [5.74, 6) is -0.867. The van der Waals surface area contributed by atoms with Gasteiger partial charge in [0, 0.05) is 20.1 Å². The Labute approximate surface area is 159 Å². The first kappa shape index (κ1) is 19.6. The van der Waals surface area contributed by atoms with Crippen molar-refractivity contribution in [1.29, 1.82) is 0 Å². The molecular weight excluding hydrogens is 352 g/mol. The van der Waals surface area contributed by atoms with Crippen molar-refractivity contribution in [2.24, 2.45) is 5.92 Å². The number of urea groups is 1. The summed E-state index contributed by atoms with van der Waals surface area (Å²) in [5, 5.41) is 2.83. The number of morpholine rings is 1. The number of rotatable bonds is 4. The van der Waals surface area contributed by atoms with Crippen molar-refractivity contribution in [2.45, 2.75) is 38.1 Å². The first-order valence-electron chi connectivity index (χ1n) is 9.59. The molecule has 3 fully saturated rings. The molecule has 1 aliphatic carbocycles. The van der Waals surface area contributed by atoms with Crippen LogP contribution < -0.4 is 5.32 Å². The average molecular weight is 380 g/mol. The largest absolute Gasteiger partial charge is 0.378 e. The quantitative estimate of drug-likeness (QED) is 0.681. The maximum absolute atomic E-state index is 12.9. The summed E-state index contributed by atoms with van der Waals surface area (Å²) in [7, 11) is 1.51. The molecule has 2 aliphatic heterocycles. The molecule has 9 heteroatoms. The molecule has 0 unspecified atom stereocenters. The summed E-state index contributed by atoms with van der Waals surface area (Å²) in [4.78, 5) is 54.0. The van der Waals surface area contributed by atoms with Crippen molar-refractivity contribution in [1.82, 2.24) is 20.0 Å². The third-order valence-corrected chi connectivity index (χ3v) is 5.96. The van der Waals surface area contributed by atoms with Crippen LogP contribution in [0.5, 0.6) is 0 Å². The first-order valence-corrected chi connectivity index (χ1v) is 9.59. The number of ether oxygens (including phenoxy) is 1. The van der Waals surface area contributed by atoms with E-state index >= 15 is 0 Å². The lowest BCUT2D eigenvalue weighted by atomic mass is 9.73. The summed E-state index contributed by atoms with van der Waals surface area (Å²) >= 11 is 0. The van der Waals surface area contributed by atoms with E-state index < -0.39 is 17.5 Å². The molecule has 2 saturated heterocycles. The van der Waals surface area contributed by atoms with Crippen LogP contribution >= 0.6 is 0 Å². The van der Waals surface area contributed by atoms with Crippen molar-refractivity contribution in [3.8, 4) is 0 Å². The predicted octanol–water partition coefficient (Wildman–Crippen LogP) is -0.196. The van der Waals surface area contributed by atoms with Gasteiger partial charge >= 0.3 is 6.03 Å². The van der Waals surface area contributed by atoms with Gasteiger partial charge in [-0.3, -0.25) is 19.3 Å². The third kappa shape index (κ3) is 3.78. The van der Waals surface area contributed by atoms with Crippen molar-refractivity contribution < 1.29 is 23.9 Å². The zero-order chi connectivity index (χ0) is 19.6. The summed E-state index contributed by atoms with van der Waals surface area (Å²) in [5.41, 5.74) is -0.877. The highest BCUT2D eigenvalue weighted by atomic mass is 16.5. The van der Waals surface area contributed by atoms with Crippen molar-refractivity contribution in [3.05, 3.63) is 0 Å². The minimum Gasteiger partial charge on any atom is -0.378 e. The van der Waals surface area contributed by atoms with E-state index in [-0.39, 0.29) is 30.8 Å². The maximum Gasteiger partial charge on any atom is 0.325 e. The number of amides is 5. The van der Waals surface area contributed by atoms with Gasteiger partial charge in [0.2, 0.25) is 11.8 Å². The van der Waals surface area contributed by atoms with E-state index in [4.69, 9.17) is 4.74 Å². The molecule has 2 heterocycles. The topological polar surface area (TPSA) is 99.3 Å². The van der Waals surface area contributed by atoms with Crippen LogP contribution in [0.25, 0.3) is 0 Å². The van der Waals surface area contributed by atoms with E-state index in [1.54, 1.807) is 4.90 Å². The third-order valence-electron chi connectivity index (χ3n) is 5.96. The monoisotopic (exact) mass is 380 g/mol. The Bertz CT molecular complexity index is 633. The van der Waals surface area contributed by atoms with Gasteiger partial charge in [-0.25, -0.2) is 4.79 Å². The molecule has 0 aromatic heterocycles. The molecule has 1 saturated carbocycles. The van der Waals surface area contributed by atoms with Gasteiger partial charge in [-0.05, 0) is 18.8 Å². The summed E-state index contributed by atoms with van der Waals surface area (Å²) in [6, 6.07) is -0.519. The Morgan fingerprint density at radius 3 is 2.63 bits per heavy atom. The van der Waals surface area contributed by atoms with Crippen LogP contribution in [0.4, 0.5) is 4.79 Å². The minimum absolute atomic E-state index is 0.0448. The van der Waals surface area contributed by atoms with Crippen LogP contribution in [-0.2, 0) is 19.1 Å². The molecule has 5 amide bonds. The Kier molecular flexibility index (Phi) is 5.69. The van der Waals surface area contributed by atoms with E-state index in [1.807, 2.05) is 6.92 Å². The molecule has 1 spiro atoms. The molecule has 0 bridgehead atoms. The van der Waals surface area contributed by atoms with Crippen LogP contribution in [0.15, 0.2) is 0 Å². The minimum atomic E-state index is -0.877. The van der Waals surface area contributed by atoms with E-state index in [0.29, 0.717) is 32.7 Å². The van der Waals surface area contributed by atoms with Crippen molar-refractivity contribution >= 4 is 23.8 Å². The van der Waals surface area contributed by atoms with Gasteiger partial charge in [0.05, 0.1) is 19.8 Å². The zero-order valence-corrected chi connectivity index (χ0v) is 16.0. The Balaban J connectivity index is 1.59. The molecule has 0 aromatic carbocycles. The Hall–Kier alpha value is -2.16. The smallest absolute Gasteiger partial charge is 0.325 e. The number of nitrogens with zero attached hydrogens (tertiary/aromatic N) is 3. The number of hydrogen-bond donors (Lipinski definition) is 1. The van der Waals surface area contributed by atoms with Crippen LogP contribution in [-0.4, -0.2) is 90.4 Å². The van der Waals surface area contributed by atoms with Gasteiger partial charge < -0.3 is 19.9 Å². The van der Waals surface area contributed by atoms with E-state index in [1.165, 1.54) is 11.9 Å². The van der Waals surface area contributed by atoms with Crippen LogP contribution in [0.2, 0.25) is 0 Å². The lowest BCUT2D eigenvalue weighted by Crippen LogP contribution is -2.54. The molecule has 0 radical (unpaired) electrons. The van der Waals surface area contributed by atoms with Gasteiger partial charge in [-0.2, -0.15) is 0 Å². The van der Waals surface area contributed by atoms with Crippen molar-refractivity contribution in [2.75, 3.05) is 46.4 Å². The second-order valence-electron chi connectivity index (χ2n) is 7.68. The SMILES string of the molecule is C[C@@H]1CCCC[C@@]12NC(=O)N(CC(=O)N(C)CC(=O)N1CCOCC1)C2=O. The fourth-order valence-corrected chi connectivity index (χ4v) is 4.10. The van der Waals surface area contributed by atoms with Gasteiger partial charge in [0.15, 0.2) is 0 Å². The lowest BCUT2D eigenvalue weighted by Gasteiger charge is -2.36. The van der Waals surface area contributed by atoms with Crippen LogP contribution in [0, 0.1) is 5.92 Å². The fourth-order valence-electron chi connectivity index (χ4n) is 4.10. The number of nitrogens with one attached hydrogen (secondary N) is 1. The molecule has 3 aliphatic rings. The summed E-state index contributed by atoms with van der Waals surface area (Å²) in [6.45, 7) is 3.55. The first-order chi connectivity index (χ1) is 12.8. The molecule has 27 heavy (non-hydrogen) atoms. The number of hydrogen-bond acceptors (Lipinski definition) is 5.